The molecule has 0 fully saturated rings. The van der Waals surface area contributed by atoms with E-state index in [2.05, 4.69) is 31.2 Å². The average Bonchev–Trinajstić information content (AvgIpc) is 2.85. The van der Waals surface area contributed by atoms with Gasteiger partial charge < -0.3 is 0 Å². The SMILES string of the molecule is [Fe][C]1(c2ccccc2)N=NC(c2ccccc2)=N1. The molecule has 1 heterocycles. The van der Waals surface area contributed by atoms with E-state index in [1.54, 1.807) is 0 Å². The summed E-state index contributed by atoms with van der Waals surface area (Å²) in [6.07, 6.45) is 0. The number of rotatable bonds is 2. The van der Waals surface area contributed by atoms with E-state index >= 15 is 0 Å². The molecule has 0 aromatic heterocycles. The second-order valence-electron chi connectivity index (χ2n) is 3.94. The summed E-state index contributed by atoms with van der Waals surface area (Å²) < 4.78 is -0.841. The minimum absolute atomic E-state index is 0.634. The van der Waals surface area contributed by atoms with Gasteiger partial charge in [-0.25, -0.2) is 0 Å². The first kappa shape index (κ1) is 11.3. The average molecular weight is 276 g/mol. The van der Waals surface area contributed by atoms with Gasteiger partial charge in [0.15, 0.2) is 0 Å². The van der Waals surface area contributed by atoms with Crippen LogP contribution in [0, 0.1) is 0 Å². The summed E-state index contributed by atoms with van der Waals surface area (Å²) in [6, 6.07) is 19.6. The van der Waals surface area contributed by atoms with Crippen molar-refractivity contribution in [2.45, 2.75) is 4.56 Å². The van der Waals surface area contributed by atoms with Crippen molar-refractivity contribution >= 4 is 5.84 Å². The predicted octanol–water partition coefficient (Wildman–Crippen LogP) is 3.26. The molecule has 3 nitrogen and oxygen atoms in total. The molecule has 0 saturated heterocycles. The Morgan fingerprint density at radius 3 is 2.11 bits per heavy atom. The molecule has 0 N–H and O–H groups in total. The second kappa shape index (κ2) is 4.48. The number of azo groups is 1. The predicted molar refractivity (Wildman–Crippen MR) is 66.0 cm³/mol. The Balaban J connectivity index is 2.00. The van der Waals surface area contributed by atoms with Gasteiger partial charge in [0.05, 0.1) is 0 Å². The molecule has 89 valence electrons. The summed E-state index contributed by atoms with van der Waals surface area (Å²) in [4.78, 5) is 4.53. The fourth-order valence-corrected chi connectivity index (χ4v) is 2.13. The van der Waals surface area contributed by atoms with Crippen LogP contribution in [-0.2, 0) is 20.6 Å². The van der Waals surface area contributed by atoms with Crippen LogP contribution < -0.4 is 0 Å². The molecule has 1 aliphatic rings. The fourth-order valence-electron chi connectivity index (χ4n) is 1.77. The van der Waals surface area contributed by atoms with Crippen molar-refractivity contribution in [2.75, 3.05) is 0 Å². The molecular weight excluding hydrogens is 266 g/mol. The summed E-state index contributed by atoms with van der Waals surface area (Å²) >= 11 is 4.07. The molecule has 0 bridgehead atoms. The Bertz CT molecular complexity index is 607. The van der Waals surface area contributed by atoms with Gasteiger partial charge in [0, 0.05) is 0 Å². The number of hydrogen-bond donors (Lipinski definition) is 0. The monoisotopic (exact) mass is 276 g/mol. The van der Waals surface area contributed by atoms with E-state index in [0.29, 0.717) is 5.84 Å². The molecule has 18 heavy (non-hydrogen) atoms. The molecule has 0 spiro atoms. The number of benzene rings is 2. The van der Waals surface area contributed by atoms with Crippen molar-refractivity contribution in [3.8, 4) is 0 Å². The van der Waals surface area contributed by atoms with Crippen molar-refractivity contribution in [2.24, 2.45) is 15.2 Å². The number of amidine groups is 1. The Hall–Kier alpha value is -1.77. The molecule has 1 atom stereocenters. The van der Waals surface area contributed by atoms with Gasteiger partial charge in [0.1, 0.15) is 0 Å². The minimum atomic E-state index is -0.841. The maximum absolute atomic E-state index is 4.53. The summed E-state index contributed by atoms with van der Waals surface area (Å²) in [5, 5.41) is 8.35. The van der Waals surface area contributed by atoms with E-state index in [0.717, 1.165) is 11.1 Å². The van der Waals surface area contributed by atoms with Gasteiger partial charge in [-0.3, -0.25) is 0 Å². The summed E-state index contributed by atoms with van der Waals surface area (Å²) in [5.41, 5.74) is 1.90. The van der Waals surface area contributed by atoms with Crippen LogP contribution in [0.4, 0.5) is 0 Å². The third-order valence-electron chi connectivity index (χ3n) is 2.69. The van der Waals surface area contributed by atoms with Gasteiger partial charge in [0.2, 0.25) is 0 Å². The van der Waals surface area contributed by atoms with Crippen molar-refractivity contribution in [1.29, 1.82) is 0 Å². The summed E-state index contributed by atoms with van der Waals surface area (Å²) in [5.74, 6) is 0.634. The van der Waals surface area contributed by atoms with E-state index in [4.69, 9.17) is 0 Å². The van der Waals surface area contributed by atoms with Gasteiger partial charge in [-0.15, -0.1) is 0 Å². The molecule has 0 radical (unpaired) electrons. The zero-order valence-electron chi connectivity index (χ0n) is 9.47. The van der Waals surface area contributed by atoms with Crippen molar-refractivity contribution in [3.63, 3.8) is 0 Å². The van der Waals surface area contributed by atoms with Crippen molar-refractivity contribution in [1.82, 2.24) is 0 Å². The molecule has 0 saturated carbocycles. The topological polar surface area (TPSA) is 37.1 Å². The number of aliphatic imine (C=N–C) groups is 1. The number of hydrogen-bond acceptors (Lipinski definition) is 3. The second-order valence-corrected chi connectivity index (χ2v) is 4.71. The van der Waals surface area contributed by atoms with Gasteiger partial charge in [-0.1, -0.05) is 0 Å². The van der Waals surface area contributed by atoms with Crippen LogP contribution in [0.2, 0.25) is 0 Å². The zero-order valence-corrected chi connectivity index (χ0v) is 10.6. The Morgan fingerprint density at radius 2 is 1.44 bits per heavy atom. The van der Waals surface area contributed by atoms with Crippen LogP contribution in [0.25, 0.3) is 0 Å². The first-order chi connectivity index (χ1) is 8.78. The van der Waals surface area contributed by atoms with Crippen LogP contribution in [0.5, 0.6) is 0 Å². The van der Waals surface area contributed by atoms with Gasteiger partial charge in [-0.05, 0) is 0 Å². The van der Waals surface area contributed by atoms with Crippen LogP contribution >= 0.6 is 0 Å². The zero-order chi connectivity index (χ0) is 12.4. The van der Waals surface area contributed by atoms with E-state index in [1.165, 1.54) is 0 Å². The number of nitrogens with zero attached hydrogens (tertiary/aromatic N) is 3. The Kier molecular flexibility index (Phi) is 2.82. The molecule has 0 amide bonds. The normalized spacial score (nSPS) is 21.9. The molecule has 1 unspecified atom stereocenters. The van der Waals surface area contributed by atoms with Crippen molar-refractivity contribution in [3.05, 3.63) is 71.8 Å². The van der Waals surface area contributed by atoms with Crippen molar-refractivity contribution < 1.29 is 16.0 Å². The van der Waals surface area contributed by atoms with Gasteiger partial charge in [-0.2, -0.15) is 0 Å². The van der Waals surface area contributed by atoms with Gasteiger partial charge >= 0.3 is 113 Å². The summed E-state index contributed by atoms with van der Waals surface area (Å²) in [6.45, 7) is 0. The Morgan fingerprint density at radius 1 is 0.833 bits per heavy atom. The molecule has 1 aliphatic heterocycles. The standard InChI is InChI=1S/C14H10N3.Fe/c1-3-7-11(8-4-1)13-15-14(17-16-13)12-9-5-2-6-10-12;/h1-10H;. The van der Waals surface area contributed by atoms with E-state index in [-0.39, 0.29) is 0 Å². The quantitative estimate of drug-likeness (QED) is 0.755. The molecule has 3 rings (SSSR count). The van der Waals surface area contributed by atoms with Crippen LogP contribution in [-0.4, -0.2) is 5.84 Å². The van der Waals surface area contributed by atoms with Gasteiger partial charge in [0.25, 0.3) is 0 Å². The first-order valence-electron chi connectivity index (χ1n) is 5.59. The third kappa shape index (κ3) is 2.01. The molecule has 2 aromatic carbocycles. The van der Waals surface area contributed by atoms with Crippen LogP contribution in [0.1, 0.15) is 11.1 Å². The van der Waals surface area contributed by atoms with E-state index in [1.807, 2.05) is 60.7 Å². The maximum atomic E-state index is 4.53. The fraction of sp³-hybridized carbons (Fsp3) is 0.0714. The molecule has 0 aliphatic carbocycles. The molecule has 4 heteroatoms. The van der Waals surface area contributed by atoms with E-state index < -0.39 is 4.56 Å². The molecular formula is C14H10FeN3. The first-order valence-corrected chi connectivity index (χ1v) is 6.14. The Labute approximate surface area is 113 Å². The third-order valence-corrected chi connectivity index (χ3v) is 3.24. The van der Waals surface area contributed by atoms with E-state index in [9.17, 15) is 0 Å². The van der Waals surface area contributed by atoms with Crippen LogP contribution in [0.3, 0.4) is 0 Å². The van der Waals surface area contributed by atoms with Crippen LogP contribution in [0.15, 0.2) is 75.9 Å². The summed E-state index contributed by atoms with van der Waals surface area (Å²) in [7, 11) is 0. The molecule has 2 aromatic rings.